The third kappa shape index (κ3) is 2.99. The number of imide groups is 1. The van der Waals surface area contributed by atoms with Gasteiger partial charge in [-0.1, -0.05) is 0 Å². The van der Waals surface area contributed by atoms with E-state index in [4.69, 9.17) is 4.74 Å². The van der Waals surface area contributed by atoms with Crippen molar-refractivity contribution >= 4 is 12.0 Å². The van der Waals surface area contributed by atoms with Crippen molar-refractivity contribution in [3.63, 3.8) is 0 Å². The summed E-state index contributed by atoms with van der Waals surface area (Å²) in [5.41, 5.74) is -0.540. The van der Waals surface area contributed by atoms with Crippen molar-refractivity contribution in [2.24, 2.45) is 23.7 Å². The summed E-state index contributed by atoms with van der Waals surface area (Å²) in [4.78, 5) is 25.6. The van der Waals surface area contributed by atoms with Crippen LogP contribution in [0.1, 0.15) is 52.9 Å². The number of nitrogens with zero attached hydrogens (tertiary/aromatic N) is 1. The van der Waals surface area contributed by atoms with Gasteiger partial charge in [-0.2, -0.15) is 0 Å². The topological polar surface area (TPSA) is 46.6 Å². The lowest BCUT2D eigenvalue weighted by molar-refractivity contribution is -0.127. The first-order valence-electron chi connectivity index (χ1n) is 7.88. The summed E-state index contributed by atoms with van der Waals surface area (Å²) in [5.74, 6) is 2.63. The van der Waals surface area contributed by atoms with Crippen LogP contribution in [0.25, 0.3) is 0 Å². The van der Waals surface area contributed by atoms with E-state index in [2.05, 4.69) is 0 Å². The minimum atomic E-state index is -0.540. The molecule has 2 amide bonds. The fourth-order valence-corrected chi connectivity index (χ4v) is 3.60. The molecule has 112 valence electrons. The summed E-state index contributed by atoms with van der Waals surface area (Å²) in [5, 5.41) is 0. The Morgan fingerprint density at radius 1 is 1.15 bits per heavy atom. The summed E-state index contributed by atoms with van der Waals surface area (Å²) in [6, 6.07) is 0. The van der Waals surface area contributed by atoms with Crippen LogP contribution in [0, 0.1) is 23.7 Å². The maximum atomic E-state index is 12.1. The Hall–Kier alpha value is -1.06. The molecule has 1 aliphatic heterocycles. The molecule has 3 rings (SSSR count). The van der Waals surface area contributed by atoms with Gasteiger partial charge >= 0.3 is 6.09 Å². The quantitative estimate of drug-likeness (QED) is 0.797. The minimum absolute atomic E-state index is 0.0458. The fraction of sp³-hybridized carbons (Fsp3) is 0.875. The second-order valence-electron chi connectivity index (χ2n) is 7.70. The summed E-state index contributed by atoms with van der Waals surface area (Å²) in [6.45, 7) is 6.08. The van der Waals surface area contributed by atoms with Crippen LogP contribution >= 0.6 is 0 Å². The normalized spacial score (nSPS) is 27.3. The van der Waals surface area contributed by atoms with Crippen LogP contribution in [0.3, 0.4) is 0 Å². The van der Waals surface area contributed by atoms with Crippen molar-refractivity contribution < 1.29 is 14.3 Å². The molecule has 1 unspecified atom stereocenters. The van der Waals surface area contributed by atoms with Gasteiger partial charge in [0.1, 0.15) is 5.60 Å². The predicted molar refractivity (Wildman–Crippen MR) is 75.0 cm³/mol. The fourth-order valence-electron chi connectivity index (χ4n) is 3.60. The number of rotatable bonds is 3. The van der Waals surface area contributed by atoms with Crippen LogP contribution in [-0.4, -0.2) is 29.0 Å². The first-order chi connectivity index (χ1) is 9.35. The van der Waals surface area contributed by atoms with Crippen molar-refractivity contribution in [3.8, 4) is 0 Å². The molecule has 3 aliphatic rings. The number of amides is 2. The number of carbonyl (C=O) groups excluding carboxylic acids is 2. The first-order valence-corrected chi connectivity index (χ1v) is 7.88. The van der Waals surface area contributed by atoms with Gasteiger partial charge in [-0.15, -0.1) is 0 Å². The molecule has 0 radical (unpaired) electrons. The molecule has 0 aromatic heterocycles. The monoisotopic (exact) mass is 279 g/mol. The van der Waals surface area contributed by atoms with Gasteiger partial charge < -0.3 is 4.74 Å². The highest BCUT2D eigenvalue weighted by atomic mass is 16.6. The van der Waals surface area contributed by atoms with E-state index in [1.165, 1.54) is 30.6 Å². The van der Waals surface area contributed by atoms with Gasteiger partial charge in [0.15, 0.2) is 0 Å². The predicted octanol–water partition coefficient (Wildman–Crippen LogP) is 3.21. The van der Waals surface area contributed by atoms with Gasteiger partial charge in [0.25, 0.3) is 0 Å². The van der Waals surface area contributed by atoms with E-state index in [9.17, 15) is 9.59 Å². The van der Waals surface area contributed by atoms with E-state index in [1.807, 2.05) is 20.8 Å². The van der Waals surface area contributed by atoms with Crippen molar-refractivity contribution in [1.82, 2.24) is 4.90 Å². The van der Waals surface area contributed by atoms with E-state index in [-0.39, 0.29) is 5.91 Å². The average molecular weight is 279 g/mol. The van der Waals surface area contributed by atoms with E-state index in [1.54, 1.807) is 0 Å². The lowest BCUT2D eigenvalue weighted by Crippen LogP contribution is -2.38. The molecule has 2 saturated carbocycles. The Kier molecular flexibility index (Phi) is 3.30. The van der Waals surface area contributed by atoms with Gasteiger partial charge in [-0.3, -0.25) is 4.79 Å². The lowest BCUT2D eigenvalue weighted by Gasteiger charge is -2.25. The SMILES string of the molecule is CC(C)(C)OC(=O)N1CC(C(C2CC2)C2CC2)CC1=O. The van der Waals surface area contributed by atoms with Crippen LogP contribution in [-0.2, 0) is 9.53 Å². The van der Waals surface area contributed by atoms with Gasteiger partial charge in [-0.05, 0) is 70.1 Å². The van der Waals surface area contributed by atoms with Crippen molar-refractivity contribution in [1.29, 1.82) is 0 Å². The standard InChI is InChI=1S/C16H25NO3/c1-16(2,3)20-15(19)17-9-12(8-13(17)18)14(10-4-5-10)11-6-7-11/h10-12,14H,4-9H2,1-3H3. The summed E-state index contributed by atoms with van der Waals surface area (Å²) in [7, 11) is 0. The summed E-state index contributed by atoms with van der Waals surface area (Å²) in [6.07, 6.45) is 5.35. The molecule has 1 saturated heterocycles. The maximum Gasteiger partial charge on any atom is 0.417 e. The Labute approximate surface area is 120 Å². The zero-order chi connectivity index (χ0) is 14.5. The van der Waals surface area contributed by atoms with Gasteiger partial charge in [0, 0.05) is 13.0 Å². The third-order valence-corrected chi connectivity index (χ3v) is 4.65. The molecule has 4 nitrogen and oxygen atoms in total. The van der Waals surface area contributed by atoms with Crippen LogP contribution < -0.4 is 0 Å². The van der Waals surface area contributed by atoms with Gasteiger partial charge in [-0.25, -0.2) is 9.69 Å². The Morgan fingerprint density at radius 2 is 1.70 bits per heavy atom. The molecular formula is C16H25NO3. The van der Waals surface area contributed by atoms with Crippen LogP contribution in [0.5, 0.6) is 0 Å². The second-order valence-corrected chi connectivity index (χ2v) is 7.70. The van der Waals surface area contributed by atoms with Gasteiger partial charge in [0.2, 0.25) is 5.91 Å². The van der Waals surface area contributed by atoms with Crippen molar-refractivity contribution in [3.05, 3.63) is 0 Å². The Bertz CT molecular complexity index is 406. The van der Waals surface area contributed by atoms with Crippen LogP contribution in [0.2, 0.25) is 0 Å². The molecule has 3 fully saturated rings. The number of hydrogen-bond donors (Lipinski definition) is 0. The molecule has 1 atom stereocenters. The summed E-state index contributed by atoms with van der Waals surface area (Å²) >= 11 is 0. The first kappa shape index (κ1) is 13.9. The molecule has 0 aromatic rings. The maximum absolute atomic E-state index is 12.1. The highest BCUT2D eigenvalue weighted by Gasteiger charge is 2.49. The van der Waals surface area contributed by atoms with Crippen molar-refractivity contribution in [2.75, 3.05) is 6.54 Å². The zero-order valence-corrected chi connectivity index (χ0v) is 12.7. The van der Waals surface area contributed by atoms with Gasteiger partial charge in [0.05, 0.1) is 0 Å². The Balaban J connectivity index is 1.64. The number of carbonyl (C=O) groups is 2. The van der Waals surface area contributed by atoms with Crippen molar-refractivity contribution in [2.45, 2.75) is 58.5 Å². The molecular weight excluding hydrogens is 254 g/mol. The largest absolute Gasteiger partial charge is 0.443 e. The number of likely N-dealkylation sites (tertiary alicyclic amines) is 1. The third-order valence-electron chi connectivity index (χ3n) is 4.65. The minimum Gasteiger partial charge on any atom is -0.443 e. The zero-order valence-electron chi connectivity index (χ0n) is 12.7. The molecule has 4 heteroatoms. The average Bonchev–Trinajstić information content (AvgIpc) is 3.18. The molecule has 2 aliphatic carbocycles. The molecule has 1 heterocycles. The Morgan fingerprint density at radius 3 is 2.15 bits per heavy atom. The number of hydrogen-bond acceptors (Lipinski definition) is 3. The smallest absolute Gasteiger partial charge is 0.417 e. The number of ether oxygens (including phenoxy) is 1. The second kappa shape index (κ2) is 4.74. The van der Waals surface area contributed by atoms with E-state index in [0.29, 0.717) is 24.8 Å². The molecule has 0 bridgehead atoms. The molecule has 0 aromatic carbocycles. The molecule has 0 N–H and O–H groups in total. The van der Waals surface area contributed by atoms with E-state index >= 15 is 0 Å². The molecule has 20 heavy (non-hydrogen) atoms. The van der Waals surface area contributed by atoms with E-state index < -0.39 is 11.7 Å². The van der Waals surface area contributed by atoms with E-state index in [0.717, 1.165) is 11.8 Å². The highest BCUT2D eigenvalue weighted by molar-refractivity contribution is 5.93. The lowest BCUT2D eigenvalue weighted by atomic mass is 9.83. The highest BCUT2D eigenvalue weighted by Crippen LogP contribution is 2.54. The molecule has 0 spiro atoms. The summed E-state index contributed by atoms with van der Waals surface area (Å²) < 4.78 is 5.34. The van der Waals surface area contributed by atoms with Crippen LogP contribution in [0.4, 0.5) is 4.79 Å². The van der Waals surface area contributed by atoms with Crippen LogP contribution in [0.15, 0.2) is 0 Å².